The Labute approximate surface area is 164 Å². The first-order chi connectivity index (χ1) is 13.0. The van der Waals surface area contributed by atoms with Crippen molar-refractivity contribution in [2.24, 2.45) is 5.11 Å². The molecule has 0 bridgehead atoms. The van der Waals surface area contributed by atoms with Crippen molar-refractivity contribution in [2.75, 3.05) is 6.61 Å². The van der Waals surface area contributed by atoms with E-state index in [9.17, 15) is 4.79 Å². The summed E-state index contributed by atoms with van der Waals surface area (Å²) in [5.41, 5.74) is 11.3. The first-order valence-electron chi connectivity index (χ1n) is 7.98. The predicted molar refractivity (Wildman–Crippen MR) is 102 cm³/mol. The minimum Gasteiger partial charge on any atom is -0.461 e. The number of aromatic nitrogens is 3. The van der Waals surface area contributed by atoms with Crippen molar-refractivity contribution in [1.29, 1.82) is 0 Å². The number of imidazole rings is 1. The number of rotatable bonds is 5. The van der Waals surface area contributed by atoms with Gasteiger partial charge in [-0.05, 0) is 37.6 Å². The Morgan fingerprint density at radius 1 is 1.41 bits per heavy atom. The molecule has 0 radical (unpaired) electrons. The molecule has 3 rings (SSSR count). The number of hydrogen-bond donors (Lipinski definition) is 0. The fourth-order valence-corrected chi connectivity index (χ4v) is 3.27. The van der Waals surface area contributed by atoms with Crippen LogP contribution >= 0.6 is 23.2 Å². The second kappa shape index (κ2) is 7.84. The zero-order chi connectivity index (χ0) is 19.6. The van der Waals surface area contributed by atoms with E-state index in [-0.39, 0.29) is 18.8 Å². The lowest BCUT2D eigenvalue weighted by molar-refractivity contribution is 0.0518. The highest BCUT2D eigenvalue weighted by Gasteiger charge is 2.23. The van der Waals surface area contributed by atoms with Gasteiger partial charge in [-0.1, -0.05) is 28.3 Å². The number of benzene rings is 1. The number of hydrogen-bond acceptors (Lipinski definition) is 5. The molecule has 0 aliphatic heterocycles. The van der Waals surface area contributed by atoms with Gasteiger partial charge in [-0.2, -0.15) is 0 Å². The summed E-state index contributed by atoms with van der Waals surface area (Å²) >= 11 is 12.4. The van der Waals surface area contributed by atoms with Crippen molar-refractivity contribution < 1.29 is 9.53 Å². The summed E-state index contributed by atoms with van der Waals surface area (Å²) < 4.78 is 6.68. The van der Waals surface area contributed by atoms with Crippen LogP contribution in [0, 0.1) is 6.92 Å². The zero-order valence-corrected chi connectivity index (χ0v) is 16.0. The molecule has 138 valence electrons. The SMILES string of the molecule is CCOC(=O)c1cnc2nc(C)c(CN=[N+]=[N-])c(-c3ccc(Cl)cc3Cl)n12. The zero-order valence-electron chi connectivity index (χ0n) is 14.5. The van der Waals surface area contributed by atoms with E-state index >= 15 is 0 Å². The second-order valence-corrected chi connectivity index (χ2v) is 6.38. The Kier molecular flexibility index (Phi) is 5.51. The lowest BCUT2D eigenvalue weighted by Gasteiger charge is -2.16. The van der Waals surface area contributed by atoms with E-state index in [1.54, 1.807) is 36.4 Å². The number of nitrogens with zero attached hydrogens (tertiary/aromatic N) is 6. The first-order valence-corrected chi connectivity index (χ1v) is 8.73. The standard InChI is InChI=1S/C17H14Cl2N6O2/c1-3-27-16(26)14-8-21-17-23-9(2)12(7-22-24-20)15(25(14)17)11-5-4-10(18)6-13(11)19/h4-6,8H,3,7H2,1-2H3. The summed E-state index contributed by atoms with van der Waals surface area (Å²) in [4.78, 5) is 23.9. The van der Waals surface area contributed by atoms with Crippen molar-refractivity contribution in [3.05, 3.63) is 61.8 Å². The molecule has 0 saturated carbocycles. The highest BCUT2D eigenvalue weighted by molar-refractivity contribution is 6.36. The quantitative estimate of drug-likeness (QED) is 0.258. The Bertz CT molecular complexity index is 1090. The van der Waals surface area contributed by atoms with E-state index in [4.69, 9.17) is 33.5 Å². The van der Waals surface area contributed by atoms with Crippen molar-refractivity contribution >= 4 is 34.9 Å². The van der Waals surface area contributed by atoms with Gasteiger partial charge in [0.15, 0.2) is 5.69 Å². The van der Waals surface area contributed by atoms with Gasteiger partial charge in [0.25, 0.3) is 0 Å². The molecule has 3 aromatic rings. The van der Waals surface area contributed by atoms with Crippen molar-refractivity contribution in [3.8, 4) is 11.3 Å². The summed E-state index contributed by atoms with van der Waals surface area (Å²) in [6.45, 7) is 3.73. The highest BCUT2D eigenvalue weighted by atomic mass is 35.5. The molecule has 0 atom stereocenters. The van der Waals surface area contributed by atoms with Crippen LogP contribution in [0.5, 0.6) is 0 Å². The third kappa shape index (κ3) is 3.55. The maximum Gasteiger partial charge on any atom is 0.357 e. The maximum atomic E-state index is 12.4. The van der Waals surface area contributed by atoms with Crippen LogP contribution in [0.25, 0.3) is 27.5 Å². The van der Waals surface area contributed by atoms with Crippen molar-refractivity contribution in [2.45, 2.75) is 20.4 Å². The molecule has 0 fully saturated rings. The molecule has 1 aromatic carbocycles. The van der Waals surface area contributed by atoms with E-state index in [1.807, 2.05) is 0 Å². The van der Waals surface area contributed by atoms with Gasteiger partial charge < -0.3 is 4.74 Å². The number of esters is 1. The Hall–Kier alpha value is -2.80. The van der Waals surface area contributed by atoms with Gasteiger partial charge >= 0.3 is 5.97 Å². The van der Waals surface area contributed by atoms with Crippen LogP contribution < -0.4 is 0 Å². The van der Waals surface area contributed by atoms with E-state index in [1.165, 1.54) is 6.20 Å². The summed E-state index contributed by atoms with van der Waals surface area (Å²) in [6, 6.07) is 5.01. The van der Waals surface area contributed by atoms with E-state index in [0.29, 0.717) is 38.3 Å². The third-order valence-electron chi connectivity index (χ3n) is 3.92. The highest BCUT2D eigenvalue weighted by Crippen LogP contribution is 2.35. The van der Waals surface area contributed by atoms with Crippen LogP contribution in [0.15, 0.2) is 29.5 Å². The van der Waals surface area contributed by atoms with Crippen molar-refractivity contribution in [3.63, 3.8) is 0 Å². The van der Waals surface area contributed by atoms with Gasteiger partial charge in [0.1, 0.15) is 0 Å². The molecule has 10 heteroatoms. The molecule has 0 unspecified atom stereocenters. The molecule has 0 amide bonds. The molecule has 0 aliphatic carbocycles. The van der Waals surface area contributed by atoms with Crippen LogP contribution in [0.2, 0.25) is 10.0 Å². The predicted octanol–water partition coefficient (Wildman–Crippen LogP) is 5.00. The average molecular weight is 405 g/mol. The van der Waals surface area contributed by atoms with Gasteiger partial charge in [-0.15, -0.1) is 0 Å². The summed E-state index contributed by atoms with van der Waals surface area (Å²) in [7, 11) is 0. The number of fused-ring (bicyclic) bond motifs is 1. The van der Waals surface area contributed by atoms with Gasteiger partial charge in [-0.25, -0.2) is 14.8 Å². The fourth-order valence-electron chi connectivity index (χ4n) is 2.77. The molecule has 2 aromatic heterocycles. The van der Waals surface area contributed by atoms with Crippen LogP contribution in [0.1, 0.15) is 28.7 Å². The molecule has 0 saturated heterocycles. The minimum atomic E-state index is -0.545. The van der Waals surface area contributed by atoms with Crippen LogP contribution in [0.4, 0.5) is 0 Å². The largest absolute Gasteiger partial charge is 0.461 e. The normalized spacial score (nSPS) is 10.7. The van der Waals surface area contributed by atoms with Crippen LogP contribution in [-0.2, 0) is 11.3 Å². The van der Waals surface area contributed by atoms with Crippen LogP contribution in [0.3, 0.4) is 0 Å². The maximum absolute atomic E-state index is 12.4. The minimum absolute atomic E-state index is 0.0278. The molecule has 2 heterocycles. The molecular weight excluding hydrogens is 391 g/mol. The Morgan fingerprint density at radius 3 is 2.85 bits per heavy atom. The van der Waals surface area contributed by atoms with Crippen LogP contribution in [-0.4, -0.2) is 26.9 Å². The number of aryl methyl sites for hydroxylation is 1. The van der Waals surface area contributed by atoms with Gasteiger partial charge in [0.05, 0.1) is 30.1 Å². The Morgan fingerprint density at radius 2 is 2.19 bits per heavy atom. The summed E-state index contributed by atoms with van der Waals surface area (Å²) in [5.74, 6) is -0.238. The molecule has 27 heavy (non-hydrogen) atoms. The van der Waals surface area contributed by atoms with E-state index in [2.05, 4.69) is 20.0 Å². The van der Waals surface area contributed by atoms with E-state index in [0.717, 1.165) is 0 Å². The molecular formula is C17H14Cl2N6O2. The number of halogens is 2. The molecule has 0 spiro atoms. The summed E-state index contributed by atoms with van der Waals surface area (Å²) in [6.07, 6.45) is 1.39. The first kappa shape index (κ1) is 19.0. The van der Waals surface area contributed by atoms with Crippen molar-refractivity contribution in [1.82, 2.24) is 14.4 Å². The molecule has 0 aliphatic rings. The van der Waals surface area contributed by atoms with Gasteiger partial charge in [-0.3, -0.25) is 4.40 Å². The number of ether oxygens (including phenoxy) is 1. The second-order valence-electron chi connectivity index (χ2n) is 5.54. The topological polar surface area (TPSA) is 105 Å². The van der Waals surface area contributed by atoms with Gasteiger partial charge in [0, 0.05) is 26.8 Å². The molecule has 0 N–H and O–H groups in total. The smallest absolute Gasteiger partial charge is 0.357 e. The fraction of sp³-hybridized carbons (Fsp3) is 0.235. The summed E-state index contributed by atoms with van der Waals surface area (Å²) in [5, 5.41) is 4.51. The average Bonchev–Trinajstić information content (AvgIpc) is 3.03. The number of carbonyl (C=O) groups excluding carboxylic acids is 1. The lowest BCUT2D eigenvalue weighted by atomic mass is 10.0. The third-order valence-corrected chi connectivity index (χ3v) is 4.47. The van der Waals surface area contributed by atoms with E-state index < -0.39 is 5.97 Å². The molecule has 8 nitrogen and oxygen atoms in total. The number of carbonyl (C=O) groups is 1. The Balaban J connectivity index is 2.42. The monoisotopic (exact) mass is 404 g/mol. The number of azide groups is 1. The lowest BCUT2D eigenvalue weighted by Crippen LogP contribution is -2.12. The van der Waals surface area contributed by atoms with Gasteiger partial charge in [0.2, 0.25) is 5.78 Å².